The summed E-state index contributed by atoms with van der Waals surface area (Å²) in [6.07, 6.45) is 4.12. The molecule has 2 aliphatic rings. The fourth-order valence-electron chi connectivity index (χ4n) is 3.22. The number of aliphatic hydroxyl groups excluding tert-OH is 1. The van der Waals surface area contributed by atoms with E-state index in [1.807, 2.05) is 6.92 Å². The first-order chi connectivity index (χ1) is 9.49. The molecule has 1 saturated heterocycles. The van der Waals surface area contributed by atoms with Crippen LogP contribution in [0.15, 0.2) is 0 Å². The molecule has 2 rings (SSSR count). The second-order valence-corrected chi connectivity index (χ2v) is 6.01. The summed E-state index contributed by atoms with van der Waals surface area (Å²) >= 11 is 0. The number of hydrogen-bond acceptors (Lipinski definition) is 3. The number of carbonyl (C=O) groups is 2. The third-order valence-electron chi connectivity index (χ3n) is 4.52. The summed E-state index contributed by atoms with van der Waals surface area (Å²) < 4.78 is 0. The predicted molar refractivity (Wildman–Crippen MR) is 73.3 cm³/mol. The lowest BCUT2D eigenvalue weighted by Gasteiger charge is -2.38. The van der Waals surface area contributed by atoms with E-state index < -0.39 is 12.1 Å². The molecule has 20 heavy (non-hydrogen) atoms. The van der Waals surface area contributed by atoms with Crippen molar-refractivity contribution in [3.05, 3.63) is 0 Å². The Balaban J connectivity index is 1.88. The number of piperidine rings is 1. The largest absolute Gasteiger partial charge is 0.481 e. The summed E-state index contributed by atoms with van der Waals surface area (Å²) in [4.78, 5) is 24.9. The number of aliphatic carboxylic acids is 1. The fraction of sp³-hybridized carbons (Fsp3) is 0.857. The molecule has 0 aromatic heterocycles. The van der Waals surface area contributed by atoms with Crippen molar-refractivity contribution >= 4 is 12.0 Å². The number of carbonyl (C=O) groups excluding carboxylic acids is 1. The van der Waals surface area contributed by atoms with Crippen LogP contribution in [0, 0.1) is 5.92 Å². The van der Waals surface area contributed by atoms with Crippen LogP contribution in [0.2, 0.25) is 0 Å². The van der Waals surface area contributed by atoms with Crippen molar-refractivity contribution in [1.29, 1.82) is 0 Å². The molecule has 0 radical (unpaired) electrons. The first-order valence-corrected chi connectivity index (χ1v) is 7.47. The maximum atomic E-state index is 12.3. The Bertz CT molecular complexity index is 374. The predicted octanol–water partition coefficient (Wildman–Crippen LogP) is 1.18. The van der Waals surface area contributed by atoms with E-state index in [2.05, 4.69) is 5.32 Å². The number of carboxylic acids is 1. The van der Waals surface area contributed by atoms with Crippen LogP contribution < -0.4 is 5.32 Å². The molecule has 3 N–H and O–H groups in total. The molecule has 6 nitrogen and oxygen atoms in total. The Labute approximate surface area is 119 Å². The number of nitrogens with zero attached hydrogens (tertiary/aromatic N) is 1. The van der Waals surface area contributed by atoms with Crippen molar-refractivity contribution in [2.75, 3.05) is 6.54 Å². The Morgan fingerprint density at radius 1 is 1.20 bits per heavy atom. The van der Waals surface area contributed by atoms with Gasteiger partial charge in [0.2, 0.25) is 0 Å². The van der Waals surface area contributed by atoms with Crippen LogP contribution in [0.1, 0.15) is 45.4 Å². The fourth-order valence-corrected chi connectivity index (χ4v) is 3.22. The van der Waals surface area contributed by atoms with Gasteiger partial charge >= 0.3 is 12.0 Å². The van der Waals surface area contributed by atoms with Gasteiger partial charge in [0.25, 0.3) is 0 Å². The van der Waals surface area contributed by atoms with Crippen LogP contribution >= 0.6 is 0 Å². The van der Waals surface area contributed by atoms with Crippen LogP contribution in [0.5, 0.6) is 0 Å². The minimum absolute atomic E-state index is 0.0782. The molecule has 0 bridgehead atoms. The third-order valence-corrected chi connectivity index (χ3v) is 4.52. The van der Waals surface area contributed by atoms with Crippen LogP contribution in [0.4, 0.5) is 4.79 Å². The molecule has 0 aromatic rings. The number of hydrogen-bond donors (Lipinski definition) is 3. The van der Waals surface area contributed by atoms with Crippen molar-refractivity contribution in [2.24, 2.45) is 5.92 Å². The topological polar surface area (TPSA) is 89.9 Å². The minimum Gasteiger partial charge on any atom is -0.481 e. The van der Waals surface area contributed by atoms with E-state index in [1.165, 1.54) is 0 Å². The number of carboxylic acid groups (broad SMARTS) is 1. The van der Waals surface area contributed by atoms with Crippen LogP contribution in [-0.4, -0.2) is 51.8 Å². The number of urea groups is 1. The number of aliphatic hydroxyl groups is 1. The monoisotopic (exact) mass is 284 g/mol. The van der Waals surface area contributed by atoms with Crippen molar-refractivity contribution in [1.82, 2.24) is 10.2 Å². The molecule has 114 valence electrons. The summed E-state index contributed by atoms with van der Waals surface area (Å²) in [6.45, 7) is 2.35. The average molecular weight is 284 g/mol. The smallest absolute Gasteiger partial charge is 0.317 e. The van der Waals surface area contributed by atoms with Gasteiger partial charge in [0.15, 0.2) is 0 Å². The van der Waals surface area contributed by atoms with E-state index in [-0.39, 0.29) is 24.0 Å². The van der Waals surface area contributed by atoms with Crippen LogP contribution in [-0.2, 0) is 4.79 Å². The first-order valence-electron chi connectivity index (χ1n) is 7.47. The van der Waals surface area contributed by atoms with Crippen LogP contribution in [0.3, 0.4) is 0 Å². The van der Waals surface area contributed by atoms with Gasteiger partial charge in [-0.2, -0.15) is 0 Å². The molecule has 1 saturated carbocycles. The van der Waals surface area contributed by atoms with Crippen molar-refractivity contribution in [3.8, 4) is 0 Å². The van der Waals surface area contributed by atoms with Gasteiger partial charge in [-0.15, -0.1) is 0 Å². The highest BCUT2D eigenvalue weighted by molar-refractivity contribution is 5.76. The third kappa shape index (κ3) is 3.42. The molecule has 1 aliphatic heterocycles. The highest BCUT2D eigenvalue weighted by Gasteiger charge is 2.34. The van der Waals surface area contributed by atoms with Gasteiger partial charge in [-0.25, -0.2) is 4.79 Å². The Hall–Kier alpha value is -1.30. The Kier molecular flexibility index (Phi) is 4.86. The molecule has 0 spiro atoms. The maximum absolute atomic E-state index is 12.3. The lowest BCUT2D eigenvalue weighted by molar-refractivity contribution is -0.143. The summed E-state index contributed by atoms with van der Waals surface area (Å²) in [6, 6.07) is -0.418. The maximum Gasteiger partial charge on any atom is 0.317 e. The molecule has 4 unspecified atom stereocenters. The van der Waals surface area contributed by atoms with E-state index in [0.717, 1.165) is 25.7 Å². The lowest BCUT2D eigenvalue weighted by atomic mass is 9.91. The van der Waals surface area contributed by atoms with Gasteiger partial charge in [-0.3, -0.25) is 4.79 Å². The van der Waals surface area contributed by atoms with E-state index in [0.29, 0.717) is 19.4 Å². The second kappa shape index (κ2) is 6.43. The normalized spacial score (nSPS) is 34.6. The highest BCUT2D eigenvalue weighted by atomic mass is 16.4. The first kappa shape index (κ1) is 15.1. The van der Waals surface area contributed by atoms with Gasteiger partial charge in [-0.1, -0.05) is 12.8 Å². The SMILES string of the molecule is CC1CC(C(=O)O)CCN1C(=O)NC1CCCCC1O. The zero-order valence-electron chi connectivity index (χ0n) is 11.9. The molecule has 1 heterocycles. The molecular formula is C14H24N2O4. The van der Waals surface area contributed by atoms with Gasteiger partial charge in [0.05, 0.1) is 18.1 Å². The highest BCUT2D eigenvalue weighted by Crippen LogP contribution is 2.24. The summed E-state index contributed by atoms with van der Waals surface area (Å²) in [5.74, 6) is -1.13. The molecule has 2 amide bonds. The minimum atomic E-state index is -0.778. The van der Waals surface area contributed by atoms with E-state index in [4.69, 9.17) is 5.11 Å². The number of nitrogens with one attached hydrogen (secondary N) is 1. The summed E-state index contributed by atoms with van der Waals surface area (Å²) in [7, 11) is 0. The quantitative estimate of drug-likeness (QED) is 0.710. The molecule has 2 fully saturated rings. The van der Waals surface area contributed by atoms with E-state index >= 15 is 0 Å². The Morgan fingerprint density at radius 2 is 1.90 bits per heavy atom. The van der Waals surface area contributed by atoms with Crippen LogP contribution in [0.25, 0.3) is 0 Å². The van der Waals surface area contributed by atoms with Crippen molar-refractivity contribution < 1.29 is 19.8 Å². The number of rotatable bonds is 2. The standard InChI is InChI=1S/C14H24N2O4/c1-9-8-10(13(18)19)6-7-16(9)14(20)15-11-4-2-3-5-12(11)17/h9-12,17H,2-8H2,1H3,(H,15,20)(H,18,19). The zero-order valence-corrected chi connectivity index (χ0v) is 11.9. The molecule has 1 aliphatic carbocycles. The number of likely N-dealkylation sites (tertiary alicyclic amines) is 1. The van der Waals surface area contributed by atoms with Gasteiger partial charge in [0.1, 0.15) is 0 Å². The van der Waals surface area contributed by atoms with Gasteiger partial charge in [0, 0.05) is 12.6 Å². The van der Waals surface area contributed by atoms with Gasteiger partial charge in [-0.05, 0) is 32.6 Å². The number of amides is 2. The lowest BCUT2D eigenvalue weighted by Crippen LogP contribution is -2.55. The average Bonchev–Trinajstić information content (AvgIpc) is 2.41. The Morgan fingerprint density at radius 3 is 2.50 bits per heavy atom. The molecule has 4 atom stereocenters. The van der Waals surface area contributed by atoms with E-state index in [9.17, 15) is 14.7 Å². The molecule has 0 aromatic carbocycles. The summed E-state index contributed by atoms with van der Waals surface area (Å²) in [5.41, 5.74) is 0. The van der Waals surface area contributed by atoms with Crippen molar-refractivity contribution in [3.63, 3.8) is 0 Å². The second-order valence-electron chi connectivity index (χ2n) is 6.01. The zero-order chi connectivity index (χ0) is 14.7. The van der Waals surface area contributed by atoms with Gasteiger partial charge < -0.3 is 20.4 Å². The van der Waals surface area contributed by atoms with Crippen molar-refractivity contribution in [2.45, 2.75) is 63.6 Å². The summed E-state index contributed by atoms with van der Waals surface area (Å²) in [5, 5.41) is 21.8. The van der Waals surface area contributed by atoms with E-state index in [1.54, 1.807) is 4.90 Å². The molecular weight excluding hydrogens is 260 g/mol. The molecule has 6 heteroatoms.